The summed E-state index contributed by atoms with van der Waals surface area (Å²) in [7, 11) is 0. The van der Waals surface area contributed by atoms with E-state index in [1.165, 1.54) is 36.8 Å². The number of hydrogen-bond donors (Lipinski definition) is 1. The zero-order valence-corrected chi connectivity index (χ0v) is 25.0. The summed E-state index contributed by atoms with van der Waals surface area (Å²) in [5, 5.41) is 4.11. The fourth-order valence-electron chi connectivity index (χ4n) is 8.34. The highest BCUT2D eigenvalue weighted by Crippen LogP contribution is 2.48. The van der Waals surface area contributed by atoms with Crippen LogP contribution in [0.2, 0.25) is 0 Å². The number of aryl methyl sites for hydroxylation is 1. The van der Waals surface area contributed by atoms with E-state index in [2.05, 4.69) is 97.1 Å². The molecule has 1 aliphatic heterocycles. The number of aromatic nitrogens is 2. The van der Waals surface area contributed by atoms with Gasteiger partial charge < -0.3 is 14.8 Å². The Balaban J connectivity index is 1.12. The Morgan fingerprint density at radius 1 is 1.00 bits per heavy atom. The second-order valence-corrected chi connectivity index (χ2v) is 13.6. The van der Waals surface area contributed by atoms with Crippen LogP contribution in [0.15, 0.2) is 54.6 Å². The van der Waals surface area contributed by atoms with Crippen molar-refractivity contribution in [1.82, 2.24) is 19.8 Å². The van der Waals surface area contributed by atoms with Crippen molar-refractivity contribution in [2.24, 2.45) is 17.3 Å². The molecule has 4 atom stereocenters. The highest BCUT2D eigenvalue weighted by Gasteiger charge is 2.44. The Morgan fingerprint density at radius 2 is 1.65 bits per heavy atom. The van der Waals surface area contributed by atoms with E-state index in [0.717, 1.165) is 68.5 Å². The van der Waals surface area contributed by atoms with E-state index in [4.69, 9.17) is 4.98 Å². The van der Waals surface area contributed by atoms with Crippen LogP contribution in [0.1, 0.15) is 89.6 Å². The number of rotatable bonds is 8. The predicted molar refractivity (Wildman–Crippen MR) is 163 cm³/mol. The molecule has 5 heteroatoms. The standard InChI is InChI=1S/C35H48N4O/c1-5-34(3,4)33(40)38-21-18-35(19-22-38,28-11-7-6-8-12-28)17-20-36-32-26-15-16-27(32)24-29(23-26)39-25(2)37-30-13-9-10-14-31(30)39/h6-14,26-27,29,32,36H,5,15-24H2,1-4H3/t26-,27+,29?,32?. The van der Waals surface area contributed by atoms with Crippen molar-refractivity contribution >= 4 is 16.9 Å². The minimum absolute atomic E-state index is 0.143. The number of amides is 1. The molecule has 2 heterocycles. The number of imidazole rings is 1. The fraction of sp³-hybridized carbons (Fsp3) is 0.600. The molecule has 0 spiro atoms. The maximum absolute atomic E-state index is 13.2. The van der Waals surface area contributed by atoms with E-state index in [1.807, 2.05) is 0 Å². The monoisotopic (exact) mass is 540 g/mol. The second kappa shape index (κ2) is 11.0. The van der Waals surface area contributed by atoms with Crippen LogP contribution in [0, 0.1) is 24.2 Å². The third kappa shape index (κ3) is 5.00. The Morgan fingerprint density at radius 3 is 2.33 bits per heavy atom. The average Bonchev–Trinajstić information content (AvgIpc) is 3.43. The highest BCUT2D eigenvalue weighted by molar-refractivity contribution is 5.82. The largest absolute Gasteiger partial charge is 0.342 e. The zero-order chi connectivity index (χ0) is 27.9. The van der Waals surface area contributed by atoms with Gasteiger partial charge in [-0.3, -0.25) is 4.79 Å². The van der Waals surface area contributed by atoms with Crippen LogP contribution in [0.5, 0.6) is 0 Å². The van der Waals surface area contributed by atoms with Gasteiger partial charge in [-0.1, -0.05) is 63.2 Å². The van der Waals surface area contributed by atoms with Crippen LogP contribution in [-0.2, 0) is 10.2 Å². The maximum Gasteiger partial charge on any atom is 0.228 e. The van der Waals surface area contributed by atoms with Crippen molar-refractivity contribution in [2.75, 3.05) is 19.6 Å². The van der Waals surface area contributed by atoms with Gasteiger partial charge in [-0.15, -0.1) is 0 Å². The third-order valence-electron chi connectivity index (χ3n) is 11.1. The number of fused-ring (bicyclic) bond motifs is 3. The molecule has 40 heavy (non-hydrogen) atoms. The van der Waals surface area contributed by atoms with Gasteiger partial charge in [0.2, 0.25) is 5.91 Å². The average molecular weight is 541 g/mol. The van der Waals surface area contributed by atoms with Crippen molar-refractivity contribution in [1.29, 1.82) is 0 Å². The number of likely N-dealkylation sites (tertiary alicyclic amines) is 1. The van der Waals surface area contributed by atoms with E-state index in [1.54, 1.807) is 0 Å². The molecule has 1 aromatic heterocycles. The van der Waals surface area contributed by atoms with E-state index in [-0.39, 0.29) is 10.8 Å². The SMILES string of the molecule is CCC(C)(C)C(=O)N1CCC(CCNC2[C@@H]3CC[C@H]2CC(n2c(C)nc4ccccc42)C3)(c2ccccc2)CC1. The van der Waals surface area contributed by atoms with Gasteiger partial charge in [-0.25, -0.2) is 4.98 Å². The van der Waals surface area contributed by atoms with Crippen LogP contribution in [-0.4, -0.2) is 46.0 Å². The first-order valence-electron chi connectivity index (χ1n) is 15.8. The maximum atomic E-state index is 13.2. The smallest absolute Gasteiger partial charge is 0.228 e. The van der Waals surface area contributed by atoms with E-state index in [9.17, 15) is 4.79 Å². The van der Waals surface area contributed by atoms with Crippen molar-refractivity contribution in [3.8, 4) is 0 Å². The van der Waals surface area contributed by atoms with E-state index >= 15 is 0 Å². The molecule has 5 nitrogen and oxygen atoms in total. The molecule has 2 bridgehead atoms. The number of hydrogen-bond acceptors (Lipinski definition) is 3. The van der Waals surface area contributed by atoms with Crippen LogP contribution < -0.4 is 5.32 Å². The molecule has 2 saturated carbocycles. The predicted octanol–water partition coefficient (Wildman–Crippen LogP) is 7.05. The summed E-state index contributed by atoms with van der Waals surface area (Å²) in [6.07, 6.45) is 9.33. The zero-order valence-electron chi connectivity index (χ0n) is 25.0. The molecule has 1 N–H and O–H groups in total. The molecule has 3 fully saturated rings. The molecule has 2 aliphatic carbocycles. The topological polar surface area (TPSA) is 50.2 Å². The molecule has 2 unspecified atom stereocenters. The lowest BCUT2D eigenvalue weighted by Crippen LogP contribution is -2.50. The number of benzene rings is 2. The molecule has 6 rings (SSSR count). The van der Waals surface area contributed by atoms with Gasteiger partial charge >= 0.3 is 0 Å². The van der Waals surface area contributed by atoms with Crippen LogP contribution in [0.4, 0.5) is 0 Å². The fourth-order valence-corrected chi connectivity index (χ4v) is 8.34. The second-order valence-electron chi connectivity index (χ2n) is 13.6. The van der Waals surface area contributed by atoms with Gasteiger partial charge in [0.15, 0.2) is 0 Å². The molecule has 0 radical (unpaired) electrons. The lowest BCUT2D eigenvalue weighted by Gasteiger charge is -2.45. The Labute approximate surface area is 240 Å². The summed E-state index contributed by atoms with van der Waals surface area (Å²) in [4.78, 5) is 20.2. The molecule has 2 aromatic carbocycles. The summed E-state index contributed by atoms with van der Waals surface area (Å²) in [5.74, 6) is 2.97. The van der Waals surface area contributed by atoms with Crippen molar-refractivity contribution < 1.29 is 4.79 Å². The molecule has 1 saturated heterocycles. The van der Waals surface area contributed by atoms with Crippen molar-refractivity contribution in [3.63, 3.8) is 0 Å². The van der Waals surface area contributed by atoms with Gasteiger partial charge in [0, 0.05) is 30.6 Å². The van der Waals surface area contributed by atoms with Crippen molar-refractivity contribution in [3.05, 3.63) is 66.0 Å². The summed E-state index contributed by atoms with van der Waals surface area (Å²) in [6.45, 7) is 11.3. The molecule has 3 aromatic rings. The van der Waals surface area contributed by atoms with Crippen molar-refractivity contribution in [2.45, 2.75) is 96.6 Å². The highest BCUT2D eigenvalue weighted by atomic mass is 16.2. The van der Waals surface area contributed by atoms with Crippen LogP contribution >= 0.6 is 0 Å². The third-order valence-corrected chi connectivity index (χ3v) is 11.1. The Hall–Kier alpha value is -2.66. The van der Waals surface area contributed by atoms with Crippen LogP contribution in [0.3, 0.4) is 0 Å². The van der Waals surface area contributed by atoms with Gasteiger partial charge in [0.1, 0.15) is 5.82 Å². The molecular weight excluding hydrogens is 492 g/mol. The number of piperidine rings is 1. The Bertz CT molecular complexity index is 1310. The minimum Gasteiger partial charge on any atom is -0.342 e. The summed E-state index contributed by atoms with van der Waals surface area (Å²) >= 11 is 0. The minimum atomic E-state index is -0.270. The summed E-state index contributed by atoms with van der Waals surface area (Å²) in [6, 6.07) is 21.0. The lowest BCUT2D eigenvalue weighted by atomic mass is 9.70. The van der Waals surface area contributed by atoms with Crippen LogP contribution in [0.25, 0.3) is 11.0 Å². The summed E-state index contributed by atoms with van der Waals surface area (Å²) in [5.41, 5.74) is 3.75. The number of carbonyl (C=O) groups excluding carboxylic acids is 1. The summed E-state index contributed by atoms with van der Waals surface area (Å²) < 4.78 is 2.54. The van der Waals surface area contributed by atoms with Gasteiger partial charge in [0.25, 0.3) is 0 Å². The van der Waals surface area contributed by atoms with Gasteiger partial charge in [0.05, 0.1) is 11.0 Å². The van der Waals surface area contributed by atoms with E-state index in [0.29, 0.717) is 18.0 Å². The molecule has 3 aliphatic rings. The molecule has 214 valence electrons. The normalized spacial score (nSPS) is 26.4. The first kappa shape index (κ1) is 27.5. The number of para-hydroxylation sites is 2. The molecule has 1 amide bonds. The number of nitrogens with zero attached hydrogens (tertiary/aromatic N) is 3. The van der Waals surface area contributed by atoms with E-state index < -0.39 is 0 Å². The van der Waals surface area contributed by atoms with Gasteiger partial charge in [-0.2, -0.15) is 0 Å². The number of carbonyl (C=O) groups is 1. The number of nitrogens with one attached hydrogen (secondary N) is 1. The first-order valence-corrected chi connectivity index (χ1v) is 15.8. The Kier molecular flexibility index (Phi) is 7.54. The quantitative estimate of drug-likeness (QED) is 0.333. The first-order chi connectivity index (χ1) is 19.3. The molecular formula is C35H48N4O. The lowest BCUT2D eigenvalue weighted by molar-refractivity contribution is -0.142. The van der Waals surface area contributed by atoms with Gasteiger partial charge in [-0.05, 0) is 99.8 Å².